The van der Waals surface area contributed by atoms with Crippen LogP contribution in [0.2, 0.25) is 10.0 Å². The summed E-state index contributed by atoms with van der Waals surface area (Å²) in [5.41, 5.74) is 0.910. The summed E-state index contributed by atoms with van der Waals surface area (Å²) in [5, 5.41) is 10.3. The fourth-order valence-electron chi connectivity index (χ4n) is 1.96. The lowest BCUT2D eigenvalue weighted by Gasteiger charge is -2.12. The van der Waals surface area contributed by atoms with Crippen LogP contribution in [0.25, 0.3) is 0 Å². The zero-order valence-electron chi connectivity index (χ0n) is 11.1. The van der Waals surface area contributed by atoms with Gasteiger partial charge in [-0.25, -0.2) is 0 Å². The van der Waals surface area contributed by atoms with E-state index in [9.17, 15) is 10.1 Å². The third kappa shape index (κ3) is 3.36. The molecule has 0 fully saturated rings. The maximum absolute atomic E-state index is 12.6. The second-order valence-electron chi connectivity index (χ2n) is 4.32. The Morgan fingerprint density at radius 1 is 1.14 bits per heavy atom. The molecule has 0 amide bonds. The number of hydrogen-bond donors (Lipinski definition) is 0. The molecule has 0 saturated carbocycles. The van der Waals surface area contributed by atoms with Gasteiger partial charge in [-0.1, -0.05) is 35.3 Å². The Labute approximate surface area is 132 Å². The van der Waals surface area contributed by atoms with Crippen LogP contribution in [-0.2, 0) is 0 Å². The smallest absolute Gasteiger partial charge is 0.188 e. The molecule has 0 radical (unpaired) electrons. The van der Waals surface area contributed by atoms with Gasteiger partial charge in [-0.3, -0.25) is 4.79 Å². The number of hydrogen-bond acceptors (Lipinski definition) is 3. The Morgan fingerprint density at radius 2 is 1.76 bits per heavy atom. The van der Waals surface area contributed by atoms with E-state index in [0.29, 0.717) is 26.9 Å². The van der Waals surface area contributed by atoms with Crippen molar-refractivity contribution in [3.05, 3.63) is 63.6 Å². The third-order valence-electron chi connectivity index (χ3n) is 3.02. The van der Waals surface area contributed by atoms with E-state index in [4.69, 9.17) is 27.9 Å². The summed E-state index contributed by atoms with van der Waals surface area (Å²) in [4.78, 5) is 12.6. The molecule has 1 unspecified atom stereocenters. The fourth-order valence-corrected chi connectivity index (χ4v) is 2.25. The van der Waals surface area contributed by atoms with Crippen LogP contribution in [0.5, 0.6) is 5.75 Å². The SMILES string of the molecule is COc1cc(Cl)ccc1C(=O)C(C#N)c1ccc(Cl)cc1. The van der Waals surface area contributed by atoms with Crippen molar-refractivity contribution in [2.75, 3.05) is 7.11 Å². The number of carbonyl (C=O) groups excluding carboxylic acids is 1. The first-order chi connectivity index (χ1) is 10.1. The standard InChI is InChI=1S/C16H11Cl2NO2/c1-21-15-8-12(18)6-7-13(15)16(20)14(9-19)10-2-4-11(17)5-3-10/h2-8,14H,1H3. The zero-order valence-corrected chi connectivity index (χ0v) is 12.7. The quantitative estimate of drug-likeness (QED) is 0.780. The molecule has 2 aromatic rings. The summed E-state index contributed by atoms with van der Waals surface area (Å²) >= 11 is 11.7. The van der Waals surface area contributed by atoms with E-state index in [2.05, 4.69) is 0 Å². The molecule has 0 spiro atoms. The maximum atomic E-state index is 12.6. The van der Waals surface area contributed by atoms with Gasteiger partial charge in [0.1, 0.15) is 11.7 Å². The molecule has 5 heteroatoms. The monoisotopic (exact) mass is 319 g/mol. The van der Waals surface area contributed by atoms with E-state index in [1.165, 1.54) is 7.11 Å². The lowest BCUT2D eigenvalue weighted by Crippen LogP contribution is -2.12. The first-order valence-corrected chi connectivity index (χ1v) is 6.85. The van der Waals surface area contributed by atoms with Gasteiger partial charge in [0.05, 0.1) is 18.7 Å². The minimum Gasteiger partial charge on any atom is -0.496 e. The summed E-state index contributed by atoms with van der Waals surface area (Å²) in [6.07, 6.45) is 0. The third-order valence-corrected chi connectivity index (χ3v) is 3.51. The first-order valence-electron chi connectivity index (χ1n) is 6.09. The van der Waals surface area contributed by atoms with Crippen molar-refractivity contribution in [2.45, 2.75) is 5.92 Å². The molecule has 1 atom stereocenters. The highest BCUT2D eigenvalue weighted by molar-refractivity contribution is 6.31. The second kappa shape index (κ2) is 6.62. The first kappa shape index (κ1) is 15.4. The summed E-state index contributed by atoms with van der Waals surface area (Å²) in [6.45, 7) is 0. The minimum absolute atomic E-state index is 0.323. The number of nitriles is 1. The van der Waals surface area contributed by atoms with Gasteiger partial charge in [0, 0.05) is 10.0 Å². The van der Waals surface area contributed by atoms with E-state index < -0.39 is 5.92 Å². The summed E-state index contributed by atoms with van der Waals surface area (Å²) in [5.74, 6) is -0.910. The summed E-state index contributed by atoms with van der Waals surface area (Å²) in [6, 6.07) is 13.3. The molecule has 0 N–H and O–H groups in total. The molecule has 0 aliphatic carbocycles. The van der Waals surface area contributed by atoms with Gasteiger partial charge in [0.2, 0.25) is 0 Å². The molecule has 106 valence electrons. The van der Waals surface area contributed by atoms with Crippen LogP contribution in [0.1, 0.15) is 21.8 Å². The number of benzene rings is 2. The molecular formula is C16H11Cl2NO2. The highest BCUT2D eigenvalue weighted by atomic mass is 35.5. The predicted molar refractivity (Wildman–Crippen MR) is 82.1 cm³/mol. The van der Waals surface area contributed by atoms with Crippen molar-refractivity contribution in [3.8, 4) is 11.8 Å². The Morgan fingerprint density at radius 3 is 2.33 bits per heavy atom. The topological polar surface area (TPSA) is 50.1 Å². The predicted octanol–water partition coefficient (Wildman–Crippen LogP) is 4.49. The van der Waals surface area contributed by atoms with E-state index in [1.54, 1.807) is 42.5 Å². The van der Waals surface area contributed by atoms with Gasteiger partial charge in [-0.05, 0) is 35.9 Å². The van der Waals surface area contributed by atoms with Crippen LogP contribution in [-0.4, -0.2) is 12.9 Å². The Kier molecular flexibility index (Phi) is 4.85. The van der Waals surface area contributed by atoms with Gasteiger partial charge in [-0.2, -0.15) is 5.26 Å². The van der Waals surface area contributed by atoms with E-state index in [-0.39, 0.29) is 5.78 Å². The molecule has 0 aliphatic heterocycles. The number of methoxy groups -OCH3 is 1. The molecule has 0 saturated heterocycles. The van der Waals surface area contributed by atoms with E-state index in [0.717, 1.165) is 0 Å². The Hall–Kier alpha value is -2.02. The van der Waals surface area contributed by atoms with Gasteiger partial charge in [-0.15, -0.1) is 0 Å². The van der Waals surface area contributed by atoms with E-state index >= 15 is 0 Å². The zero-order chi connectivity index (χ0) is 15.4. The van der Waals surface area contributed by atoms with Crippen molar-refractivity contribution in [2.24, 2.45) is 0 Å². The van der Waals surface area contributed by atoms with Crippen LogP contribution < -0.4 is 4.74 Å². The molecule has 0 bridgehead atoms. The molecule has 0 aliphatic rings. The van der Waals surface area contributed by atoms with Crippen molar-refractivity contribution >= 4 is 29.0 Å². The number of Topliss-reactive ketones (excluding diaryl/α,β-unsaturated/α-hetero) is 1. The van der Waals surface area contributed by atoms with Crippen molar-refractivity contribution in [1.82, 2.24) is 0 Å². The average Bonchev–Trinajstić information content (AvgIpc) is 2.49. The molecule has 21 heavy (non-hydrogen) atoms. The molecule has 0 heterocycles. The molecular weight excluding hydrogens is 309 g/mol. The van der Waals surface area contributed by atoms with Crippen molar-refractivity contribution < 1.29 is 9.53 Å². The largest absolute Gasteiger partial charge is 0.496 e. The van der Waals surface area contributed by atoms with Crippen LogP contribution in [0.3, 0.4) is 0 Å². The Balaban J connectivity index is 2.42. The van der Waals surface area contributed by atoms with Crippen LogP contribution in [0, 0.1) is 11.3 Å². The van der Waals surface area contributed by atoms with Crippen LogP contribution in [0.15, 0.2) is 42.5 Å². The highest BCUT2D eigenvalue weighted by Gasteiger charge is 2.24. The fraction of sp³-hybridized carbons (Fsp3) is 0.125. The maximum Gasteiger partial charge on any atom is 0.188 e. The second-order valence-corrected chi connectivity index (χ2v) is 5.20. The highest BCUT2D eigenvalue weighted by Crippen LogP contribution is 2.29. The normalized spacial score (nSPS) is 11.5. The number of ketones is 1. The van der Waals surface area contributed by atoms with Gasteiger partial charge >= 0.3 is 0 Å². The van der Waals surface area contributed by atoms with Crippen LogP contribution in [0.4, 0.5) is 0 Å². The average molecular weight is 320 g/mol. The lowest BCUT2D eigenvalue weighted by molar-refractivity contribution is 0.0976. The lowest BCUT2D eigenvalue weighted by atomic mass is 9.91. The summed E-state index contributed by atoms with van der Waals surface area (Å²) < 4.78 is 5.16. The number of nitrogens with zero attached hydrogens (tertiary/aromatic N) is 1. The molecule has 2 aromatic carbocycles. The van der Waals surface area contributed by atoms with Gasteiger partial charge < -0.3 is 4.74 Å². The molecule has 2 rings (SSSR count). The number of ether oxygens (including phenoxy) is 1. The molecule has 0 aromatic heterocycles. The van der Waals surface area contributed by atoms with Crippen LogP contribution >= 0.6 is 23.2 Å². The Bertz CT molecular complexity index is 705. The van der Waals surface area contributed by atoms with Gasteiger partial charge in [0.25, 0.3) is 0 Å². The minimum atomic E-state index is -0.919. The van der Waals surface area contributed by atoms with Gasteiger partial charge in [0.15, 0.2) is 5.78 Å². The van der Waals surface area contributed by atoms with Crippen molar-refractivity contribution in [1.29, 1.82) is 5.26 Å². The van der Waals surface area contributed by atoms with Crippen molar-refractivity contribution in [3.63, 3.8) is 0 Å². The number of carbonyl (C=O) groups is 1. The number of rotatable bonds is 4. The summed E-state index contributed by atoms with van der Waals surface area (Å²) in [7, 11) is 1.45. The molecule has 3 nitrogen and oxygen atoms in total. The van der Waals surface area contributed by atoms with E-state index in [1.807, 2.05) is 6.07 Å². The number of halogens is 2.